The molecule has 0 spiro atoms. The molecule has 1 N–H and O–H groups in total. The summed E-state index contributed by atoms with van der Waals surface area (Å²) in [4.78, 5) is 0. The topological polar surface area (TPSA) is 69.4 Å². The first-order valence-electron chi connectivity index (χ1n) is 5.42. The zero-order valence-electron chi connectivity index (χ0n) is 9.63. The highest BCUT2D eigenvalue weighted by atomic mass is 16.5. The maximum Gasteiger partial charge on any atom is 0.158 e. The molecule has 0 bridgehead atoms. The number of rotatable bonds is 9. The number of unbranched alkanes of at least 4 members (excludes halogenated alkanes) is 1. The van der Waals surface area contributed by atoms with Crippen molar-refractivity contribution in [3.63, 3.8) is 0 Å². The summed E-state index contributed by atoms with van der Waals surface area (Å²) in [5.74, 6) is 0.611. The molecule has 0 atom stereocenters. The molecule has 0 saturated carbocycles. The molecule has 6 heteroatoms. The molecule has 1 aromatic rings. The van der Waals surface area contributed by atoms with Gasteiger partial charge in [-0.25, -0.2) is 0 Å². The second-order valence-corrected chi connectivity index (χ2v) is 3.41. The van der Waals surface area contributed by atoms with Crippen LogP contribution in [-0.2, 0) is 22.6 Å². The fourth-order valence-electron chi connectivity index (χ4n) is 1.32. The number of hydrogen-bond donors (Lipinski definition) is 1. The van der Waals surface area contributed by atoms with Crippen LogP contribution in [0.5, 0.6) is 0 Å². The summed E-state index contributed by atoms with van der Waals surface area (Å²) < 4.78 is 12.1. The van der Waals surface area contributed by atoms with Gasteiger partial charge in [-0.15, -0.1) is 10.2 Å². The van der Waals surface area contributed by atoms with Gasteiger partial charge in [0.05, 0.1) is 13.2 Å². The molecule has 0 fully saturated rings. The summed E-state index contributed by atoms with van der Waals surface area (Å²) in [6.07, 6.45) is 3.60. The van der Waals surface area contributed by atoms with Gasteiger partial charge in [-0.1, -0.05) is 0 Å². The van der Waals surface area contributed by atoms with Crippen LogP contribution in [0, 0.1) is 0 Å². The van der Waals surface area contributed by atoms with E-state index >= 15 is 0 Å². The minimum Gasteiger partial charge on any atom is -0.388 e. The Balaban J connectivity index is 2.03. The van der Waals surface area contributed by atoms with E-state index in [9.17, 15) is 0 Å². The van der Waals surface area contributed by atoms with E-state index in [1.54, 1.807) is 13.4 Å². The normalized spacial score (nSPS) is 10.9. The molecule has 0 aliphatic heterocycles. The summed E-state index contributed by atoms with van der Waals surface area (Å²) in [6, 6.07) is 0. The number of aromatic nitrogens is 3. The van der Waals surface area contributed by atoms with E-state index in [1.807, 2.05) is 4.57 Å². The van der Waals surface area contributed by atoms with Gasteiger partial charge in [-0.3, -0.25) is 0 Å². The minimum absolute atomic E-state index is 0.0651. The van der Waals surface area contributed by atoms with Crippen LogP contribution in [0.1, 0.15) is 18.7 Å². The highest BCUT2D eigenvalue weighted by Crippen LogP contribution is 1.99. The Morgan fingerprint density at radius 2 is 2.19 bits per heavy atom. The Kier molecular flexibility index (Phi) is 6.71. The van der Waals surface area contributed by atoms with Crippen molar-refractivity contribution in [2.75, 3.05) is 26.9 Å². The summed E-state index contributed by atoms with van der Waals surface area (Å²) >= 11 is 0. The summed E-state index contributed by atoms with van der Waals surface area (Å²) in [7, 11) is 1.66. The number of aliphatic hydroxyl groups excluding tert-OH is 1. The van der Waals surface area contributed by atoms with Crippen LogP contribution < -0.4 is 0 Å². The first-order chi connectivity index (χ1) is 7.88. The monoisotopic (exact) mass is 229 g/mol. The van der Waals surface area contributed by atoms with E-state index in [-0.39, 0.29) is 6.61 Å². The minimum atomic E-state index is -0.0651. The van der Waals surface area contributed by atoms with Crippen LogP contribution in [0.4, 0.5) is 0 Å². The lowest BCUT2D eigenvalue weighted by molar-refractivity contribution is 0.0683. The van der Waals surface area contributed by atoms with Gasteiger partial charge >= 0.3 is 0 Å². The van der Waals surface area contributed by atoms with Gasteiger partial charge in [-0.2, -0.15) is 0 Å². The van der Waals surface area contributed by atoms with Crippen molar-refractivity contribution in [2.45, 2.75) is 26.0 Å². The largest absolute Gasteiger partial charge is 0.388 e. The molecule has 0 amide bonds. The molecule has 0 aromatic carbocycles. The number of aliphatic hydroxyl groups is 1. The quantitative estimate of drug-likeness (QED) is 0.613. The van der Waals surface area contributed by atoms with E-state index in [0.717, 1.165) is 26.0 Å². The average Bonchev–Trinajstić information content (AvgIpc) is 2.75. The maximum absolute atomic E-state index is 8.95. The van der Waals surface area contributed by atoms with E-state index in [4.69, 9.17) is 14.6 Å². The van der Waals surface area contributed by atoms with Crippen molar-refractivity contribution in [1.82, 2.24) is 14.8 Å². The fraction of sp³-hybridized carbons (Fsp3) is 0.800. The van der Waals surface area contributed by atoms with Crippen LogP contribution in [0.3, 0.4) is 0 Å². The van der Waals surface area contributed by atoms with Crippen LogP contribution in [-0.4, -0.2) is 46.8 Å². The van der Waals surface area contributed by atoms with E-state index < -0.39 is 0 Å². The van der Waals surface area contributed by atoms with Gasteiger partial charge in [0, 0.05) is 20.3 Å². The molecule has 0 saturated heterocycles. The number of aryl methyl sites for hydroxylation is 1. The summed E-state index contributed by atoms with van der Waals surface area (Å²) in [6.45, 7) is 2.77. The van der Waals surface area contributed by atoms with Crippen molar-refractivity contribution < 1.29 is 14.6 Å². The van der Waals surface area contributed by atoms with Crippen molar-refractivity contribution in [2.24, 2.45) is 0 Å². The smallest absolute Gasteiger partial charge is 0.158 e. The van der Waals surface area contributed by atoms with Crippen LogP contribution >= 0.6 is 0 Å². The van der Waals surface area contributed by atoms with Gasteiger partial charge in [0.25, 0.3) is 0 Å². The third-order valence-electron chi connectivity index (χ3n) is 2.21. The second kappa shape index (κ2) is 8.20. The molecule has 1 aromatic heterocycles. The predicted molar refractivity (Wildman–Crippen MR) is 57.9 cm³/mol. The number of hydrogen-bond acceptors (Lipinski definition) is 5. The molecule has 0 aliphatic carbocycles. The SMILES string of the molecule is COCCOCCCCn1cnnc1CO. The number of methoxy groups -OCH3 is 1. The molecule has 0 radical (unpaired) electrons. The molecular weight excluding hydrogens is 210 g/mol. The standard InChI is InChI=1S/C10H19N3O3/c1-15-6-7-16-5-3-2-4-13-9-11-12-10(13)8-14/h9,14H,2-8H2,1H3. The lowest BCUT2D eigenvalue weighted by Crippen LogP contribution is -2.06. The van der Waals surface area contributed by atoms with Crippen molar-refractivity contribution in [3.05, 3.63) is 12.2 Å². The molecule has 6 nitrogen and oxygen atoms in total. The molecule has 1 rings (SSSR count). The highest BCUT2D eigenvalue weighted by molar-refractivity contribution is 4.81. The second-order valence-electron chi connectivity index (χ2n) is 3.41. The zero-order valence-corrected chi connectivity index (χ0v) is 9.63. The molecule has 1 heterocycles. The maximum atomic E-state index is 8.95. The highest BCUT2D eigenvalue weighted by Gasteiger charge is 2.01. The molecule has 0 unspecified atom stereocenters. The summed E-state index contributed by atoms with van der Waals surface area (Å²) in [5, 5.41) is 16.5. The Morgan fingerprint density at radius 1 is 1.31 bits per heavy atom. The number of ether oxygens (including phenoxy) is 2. The molecular formula is C10H19N3O3. The van der Waals surface area contributed by atoms with Crippen LogP contribution in [0.15, 0.2) is 6.33 Å². The first-order valence-corrected chi connectivity index (χ1v) is 5.42. The fourth-order valence-corrected chi connectivity index (χ4v) is 1.32. The van der Waals surface area contributed by atoms with E-state index in [2.05, 4.69) is 10.2 Å². The predicted octanol–water partition coefficient (Wildman–Crippen LogP) is 0.214. The van der Waals surface area contributed by atoms with Crippen LogP contribution in [0.25, 0.3) is 0 Å². The first kappa shape index (κ1) is 13.1. The Hall–Kier alpha value is -0.980. The Labute approximate surface area is 95.2 Å². The summed E-state index contributed by atoms with van der Waals surface area (Å²) in [5.41, 5.74) is 0. The van der Waals surface area contributed by atoms with E-state index in [1.165, 1.54) is 0 Å². The zero-order chi connectivity index (χ0) is 11.6. The van der Waals surface area contributed by atoms with Gasteiger partial charge in [-0.05, 0) is 12.8 Å². The van der Waals surface area contributed by atoms with Crippen LogP contribution in [0.2, 0.25) is 0 Å². The lowest BCUT2D eigenvalue weighted by Gasteiger charge is -2.05. The third kappa shape index (κ3) is 4.69. The van der Waals surface area contributed by atoms with Gasteiger partial charge in [0.15, 0.2) is 5.82 Å². The average molecular weight is 229 g/mol. The lowest BCUT2D eigenvalue weighted by atomic mass is 10.3. The van der Waals surface area contributed by atoms with E-state index in [0.29, 0.717) is 19.0 Å². The van der Waals surface area contributed by atoms with Crippen molar-refractivity contribution in [1.29, 1.82) is 0 Å². The van der Waals surface area contributed by atoms with Gasteiger partial charge < -0.3 is 19.1 Å². The third-order valence-corrected chi connectivity index (χ3v) is 2.21. The Morgan fingerprint density at radius 3 is 2.94 bits per heavy atom. The molecule has 0 aliphatic rings. The van der Waals surface area contributed by atoms with Crippen molar-refractivity contribution >= 4 is 0 Å². The van der Waals surface area contributed by atoms with Gasteiger partial charge in [0.2, 0.25) is 0 Å². The molecule has 16 heavy (non-hydrogen) atoms. The van der Waals surface area contributed by atoms with Crippen molar-refractivity contribution in [3.8, 4) is 0 Å². The molecule has 92 valence electrons. The number of nitrogens with zero attached hydrogens (tertiary/aromatic N) is 3. The van der Waals surface area contributed by atoms with Gasteiger partial charge in [0.1, 0.15) is 12.9 Å². The Bertz CT molecular complexity index is 278.